The molecule has 0 aromatic rings. The van der Waals surface area contributed by atoms with Crippen LogP contribution in [-0.2, 0) is 14.4 Å². The third-order valence-corrected chi connectivity index (χ3v) is 6.08. The minimum atomic E-state index is -1.16. The number of hydrogen-bond acceptors (Lipinski definition) is 6. The summed E-state index contributed by atoms with van der Waals surface area (Å²) in [5.74, 6) is -2.49. The predicted molar refractivity (Wildman–Crippen MR) is 138 cm³/mol. The number of nitrogens with two attached hydrogens (primary N) is 1. The van der Waals surface area contributed by atoms with E-state index in [0.29, 0.717) is 12.8 Å². The molecule has 0 aliphatic carbocycles. The zero-order valence-corrected chi connectivity index (χ0v) is 20.8. The van der Waals surface area contributed by atoms with Gasteiger partial charge < -0.3 is 26.4 Å². The predicted octanol–water partition coefficient (Wildman–Crippen LogP) is 3.43. The molecule has 0 spiro atoms. The van der Waals surface area contributed by atoms with Crippen LogP contribution in [0.25, 0.3) is 0 Å². The van der Waals surface area contributed by atoms with E-state index in [1.165, 1.54) is 31.0 Å². The number of thioether (sulfide) groups is 1. The largest absolute Gasteiger partial charge is 0.481 e. The van der Waals surface area contributed by atoms with Crippen molar-refractivity contribution in [2.75, 3.05) is 12.3 Å². The van der Waals surface area contributed by atoms with Crippen molar-refractivity contribution in [2.24, 2.45) is 5.73 Å². The van der Waals surface area contributed by atoms with Gasteiger partial charge in [0.2, 0.25) is 5.91 Å². The van der Waals surface area contributed by atoms with Crippen LogP contribution in [0.15, 0.2) is 48.6 Å². The molecular weight excluding hydrogens is 456 g/mol. The smallest absolute Gasteiger partial charge is 0.322 e. The summed E-state index contributed by atoms with van der Waals surface area (Å²) >= 11 is 1.26. The van der Waals surface area contributed by atoms with Crippen LogP contribution in [0.1, 0.15) is 58.3 Å². The standard InChI is InChI=1S/C25H40N2O6S/c1-2-3-4-5-6-7-8-9-10-11-12-13-16-22(21(28)15-14-17-23(29)30)34-19-20(26)25(33)27-18-24(31)32/h6-7,9-13,16,20-22,28H,2-5,8,14-15,17-19,26H2,1H3,(H,27,33)(H,29,30)(H,31,32)/b7-6+,10-9+,12-11+,16-13+/t20-,21+,22+/m0/s1. The number of carbonyl (C=O) groups excluding carboxylic acids is 1. The second-order valence-electron chi connectivity index (χ2n) is 7.77. The lowest BCUT2D eigenvalue weighted by Crippen LogP contribution is -2.44. The molecule has 1 amide bonds. The maximum absolute atomic E-state index is 11.9. The van der Waals surface area contributed by atoms with Crippen molar-refractivity contribution < 1.29 is 29.7 Å². The Morgan fingerprint density at radius 1 is 0.971 bits per heavy atom. The Hall–Kier alpha value is -2.36. The number of unbranched alkanes of at least 4 members (excludes halogenated alkanes) is 3. The van der Waals surface area contributed by atoms with Gasteiger partial charge in [0.1, 0.15) is 6.54 Å². The SMILES string of the molecule is CCCCC/C=C/C/C=C/C=C/C=C/[C@@H](SC[C@H](N)C(=O)NCC(=O)O)[C@H](O)CCCC(=O)O. The zero-order valence-electron chi connectivity index (χ0n) is 20.0. The van der Waals surface area contributed by atoms with Crippen LogP contribution in [-0.4, -0.2) is 62.9 Å². The minimum absolute atomic E-state index is 0.0347. The maximum Gasteiger partial charge on any atom is 0.322 e. The third-order valence-electron chi connectivity index (χ3n) is 4.67. The number of amides is 1. The van der Waals surface area contributed by atoms with Crippen molar-refractivity contribution in [1.82, 2.24) is 5.32 Å². The van der Waals surface area contributed by atoms with Gasteiger partial charge >= 0.3 is 11.9 Å². The number of aliphatic carboxylic acids is 2. The van der Waals surface area contributed by atoms with Gasteiger partial charge in [0, 0.05) is 17.4 Å². The van der Waals surface area contributed by atoms with Gasteiger partial charge in [-0.05, 0) is 32.1 Å². The molecule has 0 heterocycles. The fraction of sp³-hybridized carbons (Fsp3) is 0.560. The quantitative estimate of drug-likeness (QED) is 0.0977. The van der Waals surface area contributed by atoms with Gasteiger partial charge in [-0.2, -0.15) is 0 Å². The second-order valence-corrected chi connectivity index (χ2v) is 8.98. The van der Waals surface area contributed by atoms with Crippen LogP contribution in [0.3, 0.4) is 0 Å². The first-order valence-electron chi connectivity index (χ1n) is 11.7. The Morgan fingerprint density at radius 2 is 1.71 bits per heavy atom. The number of carbonyl (C=O) groups is 3. The summed E-state index contributed by atoms with van der Waals surface area (Å²) in [7, 11) is 0. The van der Waals surface area contributed by atoms with Crippen molar-refractivity contribution in [2.45, 2.75) is 75.7 Å². The van der Waals surface area contributed by atoms with Crippen molar-refractivity contribution in [3.63, 3.8) is 0 Å². The molecule has 0 aromatic heterocycles. The Balaban J connectivity index is 4.70. The molecule has 6 N–H and O–H groups in total. The van der Waals surface area contributed by atoms with Gasteiger partial charge in [0.15, 0.2) is 0 Å². The number of aliphatic hydroxyl groups is 1. The van der Waals surface area contributed by atoms with E-state index in [2.05, 4.69) is 24.4 Å². The molecule has 0 saturated carbocycles. The van der Waals surface area contributed by atoms with Gasteiger partial charge in [0.05, 0.1) is 12.1 Å². The summed E-state index contributed by atoms with van der Waals surface area (Å²) in [6.45, 7) is 1.68. The molecule has 9 heteroatoms. The molecule has 0 saturated heterocycles. The number of carboxylic acid groups (broad SMARTS) is 2. The third kappa shape index (κ3) is 19.1. The highest BCUT2D eigenvalue weighted by atomic mass is 32.2. The van der Waals surface area contributed by atoms with Crippen LogP contribution >= 0.6 is 11.8 Å². The van der Waals surface area contributed by atoms with Gasteiger partial charge in [0.25, 0.3) is 0 Å². The van der Waals surface area contributed by atoms with Gasteiger partial charge in [-0.15, -0.1) is 11.8 Å². The highest BCUT2D eigenvalue weighted by Crippen LogP contribution is 2.21. The van der Waals surface area contributed by atoms with Gasteiger partial charge in [-0.25, -0.2) is 0 Å². The van der Waals surface area contributed by atoms with Crippen molar-refractivity contribution in [3.05, 3.63) is 48.6 Å². The number of hydrogen-bond donors (Lipinski definition) is 5. The minimum Gasteiger partial charge on any atom is -0.481 e. The summed E-state index contributed by atoms with van der Waals surface area (Å²) in [5.41, 5.74) is 5.82. The second kappa shape index (κ2) is 21.2. The number of allylic oxidation sites excluding steroid dienone is 7. The molecule has 0 aliphatic heterocycles. The molecule has 0 unspecified atom stereocenters. The average Bonchev–Trinajstić information content (AvgIpc) is 2.79. The first-order valence-corrected chi connectivity index (χ1v) is 12.7. The number of nitrogens with one attached hydrogen (secondary N) is 1. The normalized spacial score (nSPS) is 14.8. The Kier molecular flexibility index (Phi) is 19.7. The van der Waals surface area contributed by atoms with E-state index in [1.54, 1.807) is 12.2 Å². The first-order chi connectivity index (χ1) is 16.3. The molecule has 0 fully saturated rings. The lowest BCUT2D eigenvalue weighted by atomic mass is 10.1. The van der Waals surface area contributed by atoms with E-state index in [0.717, 1.165) is 12.8 Å². The highest BCUT2D eigenvalue weighted by molar-refractivity contribution is 8.00. The molecule has 192 valence electrons. The molecule has 0 aliphatic rings. The lowest BCUT2D eigenvalue weighted by molar-refractivity contribution is -0.138. The van der Waals surface area contributed by atoms with Crippen molar-refractivity contribution in [1.29, 1.82) is 0 Å². The Bertz CT molecular complexity index is 706. The summed E-state index contributed by atoms with van der Waals surface area (Å²) < 4.78 is 0. The van der Waals surface area contributed by atoms with E-state index >= 15 is 0 Å². The monoisotopic (exact) mass is 496 g/mol. The number of aliphatic hydroxyl groups excluding tert-OH is 1. The van der Waals surface area contributed by atoms with Crippen LogP contribution < -0.4 is 11.1 Å². The topological polar surface area (TPSA) is 150 Å². The molecule has 0 radical (unpaired) electrons. The van der Waals surface area contributed by atoms with E-state index in [9.17, 15) is 19.5 Å². The van der Waals surface area contributed by atoms with Gasteiger partial charge in [-0.3, -0.25) is 14.4 Å². The van der Waals surface area contributed by atoms with Crippen LogP contribution in [0, 0.1) is 0 Å². The Morgan fingerprint density at radius 3 is 2.38 bits per heavy atom. The highest BCUT2D eigenvalue weighted by Gasteiger charge is 2.21. The fourth-order valence-corrected chi connectivity index (χ4v) is 3.91. The first kappa shape index (κ1) is 31.6. The zero-order chi connectivity index (χ0) is 25.6. The Labute approximate surface area is 207 Å². The van der Waals surface area contributed by atoms with Crippen molar-refractivity contribution >= 4 is 29.6 Å². The summed E-state index contributed by atoms with van der Waals surface area (Å²) in [6, 6.07) is -0.931. The molecule has 8 nitrogen and oxygen atoms in total. The fourth-order valence-electron chi connectivity index (χ4n) is 2.77. The average molecular weight is 497 g/mol. The van der Waals surface area contributed by atoms with Gasteiger partial charge in [-0.1, -0.05) is 68.4 Å². The number of rotatable bonds is 20. The summed E-state index contributed by atoms with van der Waals surface area (Å²) in [6.07, 6.45) is 21.1. The molecule has 34 heavy (non-hydrogen) atoms. The van der Waals surface area contributed by atoms with Crippen molar-refractivity contribution in [3.8, 4) is 0 Å². The van der Waals surface area contributed by atoms with Crippen LogP contribution in [0.5, 0.6) is 0 Å². The molecule has 0 aromatic carbocycles. The molecule has 3 atom stereocenters. The molecule has 0 rings (SSSR count). The summed E-state index contributed by atoms with van der Waals surface area (Å²) in [5, 5.41) is 29.8. The number of carboxylic acids is 2. The van der Waals surface area contributed by atoms with E-state index in [1.807, 2.05) is 24.3 Å². The van der Waals surface area contributed by atoms with E-state index in [4.69, 9.17) is 15.9 Å². The maximum atomic E-state index is 11.9. The molecular formula is C25H40N2O6S. The van der Waals surface area contributed by atoms with E-state index in [-0.39, 0.29) is 12.2 Å². The van der Waals surface area contributed by atoms with E-state index < -0.39 is 41.8 Å². The van der Waals surface area contributed by atoms with Crippen LogP contribution in [0.2, 0.25) is 0 Å². The van der Waals surface area contributed by atoms with Crippen LogP contribution in [0.4, 0.5) is 0 Å². The lowest BCUT2D eigenvalue weighted by Gasteiger charge is -2.21. The summed E-state index contributed by atoms with van der Waals surface area (Å²) in [4.78, 5) is 33.2. The molecule has 0 bridgehead atoms.